The third kappa shape index (κ3) is 3.72. The molecule has 106 valence electrons. The summed E-state index contributed by atoms with van der Waals surface area (Å²) in [7, 11) is 0. The first-order valence-electron chi connectivity index (χ1n) is 6.44. The van der Waals surface area contributed by atoms with Crippen LogP contribution in [0.15, 0.2) is 36.4 Å². The summed E-state index contributed by atoms with van der Waals surface area (Å²) in [6, 6.07) is 10.6. The number of nitrogens with one attached hydrogen (secondary N) is 1. The first-order chi connectivity index (χ1) is 9.47. The van der Waals surface area contributed by atoms with Crippen LogP contribution in [0, 0.1) is 5.82 Å². The van der Waals surface area contributed by atoms with E-state index in [1.165, 1.54) is 6.07 Å². The van der Waals surface area contributed by atoms with Crippen molar-refractivity contribution in [3.63, 3.8) is 0 Å². The van der Waals surface area contributed by atoms with Crippen molar-refractivity contribution in [3.05, 3.63) is 57.8 Å². The van der Waals surface area contributed by atoms with Crippen molar-refractivity contribution in [2.75, 3.05) is 0 Å². The fraction of sp³-hybridized carbons (Fsp3) is 0.250. The second kappa shape index (κ2) is 6.57. The highest BCUT2D eigenvalue weighted by Gasteiger charge is 2.09. The monoisotopic (exact) mass is 311 g/mol. The topological polar surface area (TPSA) is 12.0 Å². The smallest absolute Gasteiger partial charge is 0.128 e. The Bertz CT molecular complexity index is 611. The van der Waals surface area contributed by atoms with Gasteiger partial charge in [-0.25, -0.2) is 4.39 Å². The maximum absolute atomic E-state index is 14.1. The summed E-state index contributed by atoms with van der Waals surface area (Å²) in [5, 5.41) is 4.33. The number of hydrogen-bond acceptors (Lipinski definition) is 1. The molecule has 0 radical (unpaired) electrons. The molecule has 4 heteroatoms. The Morgan fingerprint density at radius 2 is 1.85 bits per heavy atom. The molecule has 0 bridgehead atoms. The number of halogens is 3. The molecule has 1 nitrogen and oxygen atoms in total. The minimum atomic E-state index is -0.244. The van der Waals surface area contributed by atoms with Crippen LogP contribution < -0.4 is 5.32 Å². The Balaban J connectivity index is 2.31. The lowest BCUT2D eigenvalue weighted by Crippen LogP contribution is -2.22. The highest BCUT2D eigenvalue weighted by Crippen LogP contribution is 2.31. The average molecular weight is 312 g/mol. The molecule has 2 aromatic rings. The molecule has 1 N–H and O–H groups in total. The van der Waals surface area contributed by atoms with Crippen molar-refractivity contribution in [1.29, 1.82) is 0 Å². The molecule has 0 atom stereocenters. The van der Waals surface area contributed by atoms with Gasteiger partial charge >= 0.3 is 0 Å². The zero-order valence-electron chi connectivity index (χ0n) is 11.4. The fourth-order valence-electron chi connectivity index (χ4n) is 1.89. The average Bonchev–Trinajstić information content (AvgIpc) is 2.40. The molecule has 0 amide bonds. The van der Waals surface area contributed by atoms with Crippen molar-refractivity contribution >= 4 is 23.2 Å². The van der Waals surface area contributed by atoms with E-state index in [0.29, 0.717) is 28.2 Å². The lowest BCUT2D eigenvalue weighted by Gasteiger charge is -2.11. The first-order valence-corrected chi connectivity index (χ1v) is 7.20. The van der Waals surface area contributed by atoms with E-state index in [-0.39, 0.29) is 5.82 Å². The highest BCUT2D eigenvalue weighted by atomic mass is 35.5. The van der Waals surface area contributed by atoms with Gasteiger partial charge in [0, 0.05) is 33.8 Å². The van der Waals surface area contributed by atoms with Crippen LogP contribution in [0.2, 0.25) is 10.0 Å². The van der Waals surface area contributed by atoms with Crippen molar-refractivity contribution in [2.24, 2.45) is 0 Å². The van der Waals surface area contributed by atoms with E-state index in [1.807, 2.05) is 19.9 Å². The molecule has 0 saturated heterocycles. The SMILES string of the molecule is CC(C)NCc1ccc(-c2cc(Cl)ccc2Cl)cc1F. The summed E-state index contributed by atoms with van der Waals surface area (Å²) in [6.07, 6.45) is 0. The Morgan fingerprint density at radius 3 is 2.50 bits per heavy atom. The predicted molar refractivity (Wildman–Crippen MR) is 83.8 cm³/mol. The van der Waals surface area contributed by atoms with Gasteiger partial charge in [-0.15, -0.1) is 0 Å². The standard InChI is InChI=1S/C16H16Cl2FN/c1-10(2)20-9-12-4-3-11(7-16(12)19)14-8-13(17)5-6-15(14)18/h3-8,10,20H,9H2,1-2H3. The van der Waals surface area contributed by atoms with Gasteiger partial charge in [0.1, 0.15) is 5.82 Å². The molecule has 0 saturated carbocycles. The van der Waals surface area contributed by atoms with E-state index >= 15 is 0 Å². The van der Waals surface area contributed by atoms with Crippen molar-refractivity contribution in [2.45, 2.75) is 26.4 Å². The Labute approximate surface area is 128 Å². The Kier molecular flexibility index (Phi) is 5.03. The summed E-state index contributed by atoms with van der Waals surface area (Å²) in [4.78, 5) is 0. The molecule has 0 unspecified atom stereocenters. The van der Waals surface area contributed by atoms with Gasteiger partial charge < -0.3 is 5.32 Å². The molecular weight excluding hydrogens is 296 g/mol. The quantitative estimate of drug-likeness (QED) is 0.808. The molecule has 0 spiro atoms. The molecule has 20 heavy (non-hydrogen) atoms. The molecule has 2 rings (SSSR count). The van der Waals surface area contributed by atoms with Gasteiger partial charge in [-0.3, -0.25) is 0 Å². The van der Waals surface area contributed by atoms with Crippen molar-refractivity contribution < 1.29 is 4.39 Å². The molecule has 0 aliphatic rings. The van der Waals surface area contributed by atoms with E-state index in [0.717, 1.165) is 11.1 Å². The van der Waals surface area contributed by atoms with Crippen LogP contribution in [0.25, 0.3) is 11.1 Å². The van der Waals surface area contributed by atoms with Crippen molar-refractivity contribution in [3.8, 4) is 11.1 Å². The lowest BCUT2D eigenvalue weighted by atomic mass is 10.0. The van der Waals surface area contributed by atoms with Crippen LogP contribution in [0.4, 0.5) is 4.39 Å². The van der Waals surface area contributed by atoms with Crippen LogP contribution in [-0.4, -0.2) is 6.04 Å². The molecule has 0 heterocycles. The summed E-state index contributed by atoms with van der Waals surface area (Å²) >= 11 is 12.1. The fourth-order valence-corrected chi connectivity index (χ4v) is 2.29. The number of hydrogen-bond donors (Lipinski definition) is 1. The van der Waals surface area contributed by atoms with Gasteiger partial charge in [-0.2, -0.15) is 0 Å². The maximum atomic E-state index is 14.1. The van der Waals surface area contributed by atoms with Crippen LogP contribution in [-0.2, 0) is 6.54 Å². The number of benzene rings is 2. The van der Waals surface area contributed by atoms with Gasteiger partial charge in [-0.1, -0.05) is 49.2 Å². The molecule has 2 aromatic carbocycles. The van der Waals surface area contributed by atoms with E-state index in [4.69, 9.17) is 23.2 Å². The zero-order valence-corrected chi connectivity index (χ0v) is 12.9. The van der Waals surface area contributed by atoms with Crippen LogP contribution >= 0.6 is 23.2 Å². The lowest BCUT2D eigenvalue weighted by molar-refractivity contribution is 0.553. The summed E-state index contributed by atoms with van der Waals surface area (Å²) < 4.78 is 14.1. The van der Waals surface area contributed by atoms with Gasteiger partial charge in [0.25, 0.3) is 0 Å². The summed E-state index contributed by atoms with van der Waals surface area (Å²) in [5.74, 6) is -0.244. The van der Waals surface area contributed by atoms with Crippen LogP contribution in [0.3, 0.4) is 0 Å². The predicted octanol–water partition coefficient (Wildman–Crippen LogP) is 5.30. The van der Waals surface area contributed by atoms with Crippen molar-refractivity contribution in [1.82, 2.24) is 5.32 Å². The summed E-state index contributed by atoms with van der Waals surface area (Å²) in [5.41, 5.74) is 2.10. The third-order valence-electron chi connectivity index (χ3n) is 2.99. The van der Waals surface area contributed by atoms with Crippen LogP contribution in [0.1, 0.15) is 19.4 Å². The first kappa shape index (κ1) is 15.3. The third-order valence-corrected chi connectivity index (χ3v) is 3.56. The van der Waals surface area contributed by atoms with E-state index in [2.05, 4.69) is 5.32 Å². The normalized spacial score (nSPS) is 11.1. The van der Waals surface area contributed by atoms with E-state index in [1.54, 1.807) is 24.3 Å². The second-order valence-electron chi connectivity index (χ2n) is 4.97. The molecule has 0 aliphatic heterocycles. The van der Waals surface area contributed by atoms with Crippen LogP contribution in [0.5, 0.6) is 0 Å². The van der Waals surface area contributed by atoms with E-state index < -0.39 is 0 Å². The Morgan fingerprint density at radius 1 is 1.10 bits per heavy atom. The minimum Gasteiger partial charge on any atom is -0.310 e. The molecular formula is C16H16Cl2FN. The maximum Gasteiger partial charge on any atom is 0.128 e. The molecule has 0 aromatic heterocycles. The summed E-state index contributed by atoms with van der Waals surface area (Å²) in [6.45, 7) is 4.56. The largest absolute Gasteiger partial charge is 0.310 e. The van der Waals surface area contributed by atoms with Gasteiger partial charge in [0.2, 0.25) is 0 Å². The van der Waals surface area contributed by atoms with Gasteiger partial charge in [0.05, 0.1) is 0 Å². The van der Waals surface area contributed by atoms with E-state index in [9.17, 15) is 4.39 Å². The van der Waals surface area contributed by atoms with Gasteiger partial charge in [0.15, 0.2) is 0 Å². The Hall–Kier alpha value is -1.09. The number of rotatable bonds is 4. The second-order valence-corrected chi connectivity index (χ2v) is 5.81. The zero-order chi connectivity index (χ0) is 14.7. The molecule has 0 aliphatic carbocycles. The minimum absolute atomic E-state index is 0.244. The molecule has 0 fully saturated rings. The van der Waals surface area contributed by atoms with Gasteiger partial charge in [-0.05, 0) is 29.8 Å². The highest BCUT2D eigenvalue weighted by molar-refractivity contribution is 6.35.